The smallest absolute Gasteiger partial charge is 0.322 e. The molecule has 2 amide bonds. The monoisotopic (exact) mass is 449 g/mol. The van der Waals surface area contributed by atoms with Crippen molar-refractivity contribution >= 4 is 17.5 Å². The Morgan fingerprint density at radius 3 is 2.36 bits per heavy atom. The Morgan fingerprint density at radius 2 is 1.64 bits per heavy atom. The Kier molecular flexibility index (Phi) is 6.77. The highest BCUT2D eigenvalue weighted by Crippen LogP contribution is 2.29. The number of hydrogen-bond acceptors (Lipinski definition) is 7. The molecule has 0 bridgehead atoms. The summed E-state index contributed by atoms with van der Waals surface area (Å²) in [6.45, 7) is 2.46. The number of urea groups is 1. The molecule has 172 valence electrons. The Morgan fingerprint density at radius 1 is 0.879 bits per heavy atom. The highest BCUT2D eigenvalue weighted by atomic mass is 16.5. The first-order valence-corrected chi connectivity index (χ1v) is 10.6. The second kappa shape index (κ2) is 10.1. The average molecular weight is 450 g/mol. The fourth-order valence-corrected chi connectivity index (χ4v) is 3.70. The number of rotatable bonds is 6. The van der Waals surface area contributed by atoms with E-state index in [0.717, 1.165) is 22.8 Å². The lowest BCUT2D eigenvalue weighted by molar-refractivity contribution is 0.208. The molecule has 0 radical (unpaired) electrons. The number of methoxy groups -OCH3 is 3. The maximum Gasteiger partial charge on any atom is 0.322 e. The van der Waals surface area contributed by atoms with Gasteiger partial charge in [0.25, 0.3) is 0 Å². The number of nitrogens with zero attached hydrogens (tertiary/aromatic N) is 4. The first kappa shape index (κ1) is 22.2. The van der Waals surface area contributed by atoms with Gasteiger partial charge in [-0.05, 0) is 24.3 Å². The second-order valence-corrected chi connectivity index (χ2v) is 7.46. The van der Waals surface area contributed by atoms with Crippen molar-refractivity contribution in [2.45, 2.75) is 0 Å². The van der Waals surface area contributed by atoms with Crippen molar-refractivity contribution in [3.05, 3.63) is 54.9 Å². The minimum atomic E-state index is -0.180. The van der Waals surface area contributed by atoms with Crippen molar-refractivity contribution < 1.29 is 19.0 Å². The van der Waals surface area contributed by atoms with E-state index in [1.165, 1.54) is 0 Å². The summed E-state index contributed by atoms with van der Waals surface area (Å²) in [6, 6.07) is 14.9. The van der Waals surface area contributed by atoms with Gasteiger partial charge in [-0.15, -0.1) is 0 Å². The molecule has 2 aromatic carbocycles. The zero-order chi connectivity index (χ0) is 23.2. The Hall–Kier alpha value is -4.01. The third-order valence-electron chi connectivity index (χ3n) is 5.56. The van der Waals surface area contributed by atoms with Gasteiger partial charge in [0, 0.05) is 43.9 Å². The number of ether oxygens (including phenoxy) is 3. The van der Waals surface area contributed by atoms with Gasteiger partial charge in [0.15, 0.2) is 0 Å². The summed E-state index contributed by atoms with van der Waals surface area (Å²) >= 11 is 0. The number of carbonyl (C=O) groups is 1. The summed E-state index contributed by atoms with van der Waals surface area (Å²) in [5.74, 6) is 2.83. The highest BCUT2D eigenvalue weighted by molar-refractivity contribution is 5.91. The van der Waals surface area contributed by atoms with E-state index in [9.17, 15) is 4.79 Å². The van der Waals surface area contributed by atoms with Crippen molar-refractivity contribution in [3.8, 4) is 28.5 Å². The largest absolute Gasteiger partial charge is 0.497 e. The number of carbonyl (C=O) groups excluding carboxylic acids is 1. The molecular formula is C24H27N5O4. The van der Waals surface area contributed by atoms with E-state index < -0.39 is 0 Å². The molecule has 1 aromatic heterocycles. The van der Waals surface area contributed by atoms with Crippen LogP contribution >= 0.6 is 0 Å². The van der Waals surface area contributed by atoms with Crippen LogP contribution in [-0.2, 0) is 0 Å². The third-order valence-corrected chi connectivity index (χ3v) is 5.56. The van der Waals surface area contributed by atoms with E-state index in [2.05, 4.69) is 20.2 Å². The van der Waals surface area contributed by atoms with E-state index in [4.69, 9.17) is 14.2 Å². The van der Waals surface area contributed by atoms with Gasteiger partial charge in [-0.2, -0.15) is 0 Å². The van der Waals surface area contributed by atoms with Crippen LogP contribution in [0.15, 0.2) is 54.9 Å². The lowest BCUT2D eigenvalue weighted by Gasteiger charge is -2.35. The van der Waals surface area contributed by atoms with Gasteiger partial charge in [0.2, 0.25) is 0 Å². The number of piperazine rings is 1. The van der Waals surface area contributed by atoms with Crippen molar-refractivity contribution in [2.24, 2.45) is 0 Å². The zero-order valence-electron chi connectivity index (χ0n) is 18.9. The van der Waals surface area contributed by atoms with Crippen LogP contribution in [0.3, 0.4) is 0 Å². The molecule has 4 rings (SSSR count). The molecule has 33 heavy (non-hydrogen) atoms. The maximum atomic E-state index is 12.8. The quantitative estimate of drug-likeness (QED) is 0.616. The van der Waals surface area contributed by atoms with Crippen molar-refractivity contribution in [1.29, 1.82) is 0 Å². The summed E-state index contributed by atoms with van der Waals surface area (Å²) in [7, 11) is 4.79. The normalized spacial score (nSPS) is 13.4. The van der Waals surface area contributed by atoms with Gasteiger partial charge >= 0.3 is 6.03 Å². The molecule has 0 saturated carbocycles. The molecule has 1 N–H and O–H groups in total. The molecule has 1 saturated heterocycles. The first-order chi connectivity index (χ1) is 16.1. The fraction of sp³-hybridized carbons (Fsp3) is 0.292. The highest BCUT2D eigenvalue weighted by Gasteiger charge is 2.23. The van der Waals surface area contributed by atoms with Gasteiger partial charge < -0.3 is 29.3 Å². The topological polar surface area (TPSA) is 89.1 Å². The summed E-state index contributed by atoms with van der Waals surface area (Å²) < 4.78 is 15.9. The van der Waals surface area contributed by atoms with Gasteiger partial charge in [-0.25, -0.2) is 14.8 Å². The third kappa shape index (κ3) is 5.08. The number of aromatic nitrogens is 2. The van der Waals surface area contributed by atoms with Crippen LogP contribution in [-0.4, -0.2) is 68.4 Å². The molecular weight excluding hydrogens is 422 g/mol. The standard InChI is InChI=1S/C24H27N5O4/c1-31-18-6-4-5-17(13-18)20-15-23(26-16-25-20)28-9-11-29(12-10-28)24(30)27-21-14-19(32-2)7-8-22(21)33-3/h4-8,13-16H,9-12H2,1-3H3,(H,27,30). The van der Waals surface area contributed by atoms with E-state index in [1.807, 2.05) is 30.3 Å². The Bertz CT molecular complexity index is 1120. The Balaban J connectivity index is 1.40. The summed E-state index contributed by atoms with van der Waals surface area (Å²) in [6.07, 6.45) is 1.57. The minimum Gasteiger partial charge on any atom is -0.497 e. The first-order valence-electron chi connectivity index (χ1n) is 10.6. The molecule has 0 aliphatic carbocycles. The molecule has 0 atom stereocenters. The van der Waals surface area contributed by atoms with Crippen LogP contribution in [0.1, 0.15) is 0 Å². The van der Waals surface area contributed by atoms with Gasteiger partial charge in [-0.3, -0.25) is 0 Å². The lowest BCUT2D eigenvalue weighted by Crippen LogP contribution is -2.50. The van der Waals surface area contributed by atoms with E-state index in [1.54, 1.807) is 50.8 Å². The molecule has 3 aromatic rings. The van der Waals surface area contributed by atoms with Crippen LogP contribution in [0.25, 0.3) is 11.3 Å². The number of nitrogens with one attached hydrogen (secondary N) is 1. The lowest BCUT2D eigenvalue weighted by atomic mass is 10.1. The van der Waals surface area contributed by atoms with Crippen LogP contribution in [0.4, 0.5) is 16.3 Å². The van der Waals surface area contributed by atoms with Gasteiger partial charge in [0.1, 0.15) is 29.4 Å². The van der Waals surface area contributed by atoms with Gasteiger partial charge in [0.05, 0.1) is 32.7 Å². The van der Waals surface area contributed by atoms with Crippen LogP contribution in [0, 0.1) is 0 Å². The molecule has 9 nitrogen and oxygen atoms in total. The van der Waals surface area contributed by atoms with E-state index in [0.29, 0.717) is 43.4 Å². The molecule has 1 aliphatic heterocycles. The summed E-state index contributed by atoms with van der Waals surface area (Å²) in [4.78, 5) is 25.6. The summed E-state index contributed by atoms with van der Waals surface area (Å²) in [5, 5.41) is 2.93. The number of anilines is 2. The Labute approximate surface area is 192 Å². The van der Waals surface area contributed by atoms with E-state index in [-0.39, 0.29) is 6.03 Å². The van der Waals surface area contributed by atoms with Crippen molar-refractivity contribution in [1.82, 2.24) is 14.9 Å². The zero-order valence-corrected chi connectivity index (χ0v) is 18.9. The molecule has 1 aliphatic rings. The number of hydrogen-bond donors (Lipinski definition) is 1. The molecule has 2 heterocycles. The van der Waals surface area contributed by atoms with Crippen molar-refractivity contribution in [3.63, 3.8) is 0 Å². The minimum absolute atomic E-state index is 0.180. The molecule has 0 unspecified atom stereocenters. The van der Waals surface area contributed by atoms with Crippen molar-refractivity contribution in [2.75, 3.05) is 57.7 Å². The van der Waals surface area contributed by atoms with Crippen LogP contribution < -0.4 is 24.4 Å². The van der Waals surface area contributed by atoms with Gasteiger partial charge in [-0.1, -0.05) is 12.1 Å². The SMILES string of the molecule is COc1cccc(-c2cc(N3CCN(C(=O)Nc4cc(OC)ccc4OC)CC3)ncn2)c1. The van der Waals surface area contributed by atoms with Crippen LogP contribution in [0.5, 0.6) is 17.2 Å². The number of benzene rings is 2. The molecule has 1 fully saturated rings. The van der Waals surface area contributed by atoms with E-state index >= 15 is 0 Å². The second-order valence-electron chi connectivity index (χ2n) is 7.46. The fourth-order valence-electron chi connectivity index (χ4n) is 3.70. The molecule has 9 heteroatoms. The number of amides is 2. The predicted molar refractivity (Wildman–Crippen MR) is 126 cm³/mol. The maximum absolute atomic E-state index is 12.8. The summed E-state index contributed by atoms with van der Waals surface area (Å²) in [5.41, 5.74) is 2.36. The van der Waals surface area contributed by atoms with Crippen LogP contribution in [0.2, 0.25) is 0 Å². The predicted octanol–water partition coefficient (Wildman–Crippen LogP) is 3.52. The molecule has 0 spiro atoms. The average Bonchev–Trinajstić information content (AvgIpc) is 2.88.